The minimum absolute atomic E-state index is 0.0670. The predicted octanol–water partition coefficient (Wildman–Crippen LogP) is 4.74. The zero-order chi connectivity index (χ0) is 27.6. The van der Waals surface area contributed by atoms with Crippen LogP contribution >= 0.6 is 0 Å². The molecule has 2 fully saturated rings. The van der Waals surface area contributed by atoms with E-state index < -0.39 is 5.79 Å². The number of piperazine rings is 1. The Morgan fingerprint density at radius 1 is 1.13 bits per heavy atom. The molecular weight excluding hydrogens is 501 g/mol. The number of hydrogen-bond donors (Lipinski definition) is 0. The second-order valence-corrected chi connectivity index (χ2v) is 11.7. The van der Waals surface area contributed by atoms with Crippen molar-refractivity contribution in [3.8, 4) is 11.5 Å². The van der Waals surface area contributed by atoms with Crippen LogP contribution in [0.5, 0.6) is 11.5 Å². The summed E-state index contributed by atoms with van der Waals surface area (Å²) >= 11 is 0. The number of ether oxygens (including phenoxy) is 3. The van der Waals surface area contributed by atoms with Gasteiger partial charge in [0.05, 0.1) is 17.4 Å². The monoisotopic (exact) mass is 539 g/mol. The fourth-order valence-electron chi connectivity index (χ4n) is 6.30. The van der Waals surface area contributed by atoms with Gasteiger partial charge in [-0.25, -0.2) is 9.07 Å². The molecule has 0 N–H and O–H groups in total. The molecule has 10 heteroatoms. The largest absolute Gasteiger partial charge is 0.449 e. The van der Waals surface area contributed by atoms with Crippen LogP contribution in [0.4, 0.5) is 10.1 Å². The van der Waals surface area contributed by atoms with Crippen LogP contribution in [0, 0.1) is 5.82 Å². The van der Waals surface area contributed by atoms with E-state index in [-0.39, 0.29) is 41.5 Å². The number of rotatable bonds is 4. The maximum Gasteiger partial charge on any atom is 0.252 e. The van der Waals surface area contributed by atoms with Crippen LogP contribution in [-0.4, -0.2) is 56.8 Å². The van der Waals surface area contributed by atoms with Crippen molar-refractivity contribution in [3.05, 3.63) is 46.1 Å². The van der Waals surface area contributed by atoms with Gasteiger partial charge in [0.2, 0.25) is 11.5 Å². The van der Waals surface area contributed by atoms with E-state index in [1.54, 1.807) is 43.7 Å². The average Bonchev–Trinajstić information content (AvgIpc) is 3.49. The van der Waals surface area contributed by atoms with E-state index in [1.165, 1.54) is 0 Å². The SMILES string of the molecule is CC(c1ccc2c(c1F)OC(C)(C)O2)N1C[C@H](C)N(c2cc(=O)n(C)c3cn(C4CCCCO4)nc23)C[C@H]1C. The van der Waals surface area contributed by atoms with Crippen LogP contribution in [0.3, 0.4) is 0 Å². The molecule has 0 aliphatic carbocycles. The minimum Gasteiger partial charge on any atom is -0.449 e. The van der Waals surface area contributed by atoms with Gasteiger partial charge in [0, 0.05) is 70.3 Å². The first-order valence-corrected chi connectivity index (χ1v) is 14.0. The Balaban J connectivity index is 1.29. The summed E-state index contributed by atoms with van der Waals surface area (Å²) in [4.78, 5) is 17.6. The van der Waals surface area contributed by atoms with Gasteiger partial charge < -0.3 is 23.7 Å². The van der Waals surface area contributed by atoms with E-state index in [1.807, 2.05) is 17.8 Å². The van der Waals surface area contributed by atoms with Crippen LogP contribution in [0.25, 0.3) is 11.0 Å². The highest BCUT2D eigenvalue weighted by atomic mass is 19.1. The number of fused-ring (bicyclic) bond motifs is 2. The third-order valence-corrected chi connectivity index (χ3v) is 8.44. The summed E-state index contributed by atoms with van der Waals surface area (Å²) in [5.74, 6) is -0.625. The third-order valence-electron chi connectivity index (χ3n) is 8.44. The molecule has 4 atom stereocenters. The van der Waals surface area contributed by atoms with Gasteiger partial charge in [-0.3, -0.25) is 9.69 Å². The lowest BCUT2D eigenvalue weighted by atomic mass is 9.99. The van der Waals surface area contributed by atoms with Crippen molar-refractivity contribution in [1.29, 1.82) is 0 Å². The van der Waals surface area contributed by atoms with Gasteiger partial charge in [0.25, 0.3) is 5.56 Å². The Hall–Kier alpha value is -3.11. The molecule has 3 aliphatic heterocycles. The van der Waals surface area contributed by atoms with Crippen LogP contribution in [-0.2, 0) is 11.8 Å². The number of benzene rings is 1. The highest BCUT2D eigenvalue weighted by Gasteiger charge is 2.38. The maximum absolute atomic E-state index is 15.6. The van der Waals surface area contributed by atoms with Gasteiger partial charge in [-0.1, -0.05) is 6.07 Å². The van der Waals surface area contributed by atoms with Gasteiger partial charge in [0.15, 0.2) is 11.6 Å². The van der Waals surface area contributed by atoms with Gasteiger partial charge in [0.1, 0.15) is 11.7 Å². The first-order valence-electron chi connectivity index (χ1n) is 14.0. The van der Waals surface area contributed by atoms with E-state index in [2.05, 4.69) is 23.6 Å². The fraction of sp³-hybridized carbons (Fsp3) is 0.586. The quantitative estimate of drug-likeness (QED) is 0.474. The molecule has 0 spiro atoms. The maximum atomic E-state index is 15.6. The summed E-state index contributed by atoms with van der Waals surface area (Å²) in [6.07, 6.45) is 4.91. The van der Waals surface area contributed by atoms with Crippen molar-refractivity contribution in [2.45, 2.75) is 84.0 Å². The zero-order valence-corrected chi connectivity index (χ0v) is 23.6. The zero-order valence-electron chi connectivity index (χ0n) is 23.6. The van der Waals surface area contributed by atoms with Gasteiger partial charge in [-0.2, -0.15) is 5.10 Å². The van der Waals surface area contributed by atoms with E-state index in [4.69, 9.17) is 19.3 Å². The number of aryl methyl sites for hydroxylation is 1. The Morgan fingerprint density at radius 3 is 2.67 bits per heavy atom. The molecule has 6 rings (SSSR count). The Kier molecular flexibility index (Phi) is 6.38. The summed E-state index contributed by atoms with van der Waals surface area (Å²) in [7, 11) is 1.79. The molecule has 2 saturated heterocycles. The van der Waals surface area contributed by atoms with Crippen molar-refractivity contribution < 1.29 is 18.6 Å². The van der Waals surface area contributed by atoms with E-state index >= 15 is 4.39 Å². The third kappa shape index (κ3) is 4.47. The lowest BCUT2D eigenvalue weighted by Gasteiger charge is -2.47. The number of aromatic nitrogens is 3. The van der Waals surface area contributed by atoms with E-state index in [9.17, 15) is 4.79 Å². The van der Waals surface area contributed by atoms with Crippen molar-refractivity contribution in [2.75, 3.05) is 24.6 Å². The standard InChI is InChI=1S/C29H38FN5O4/c1-17-15-34(21-13-24(36)32(6)22-16-35(31-27(21)22)25-9-7-8-12-37-25)18(2)14-33(17)19(3)20-10-11-23-28(26(20)30)39-29(4,5)38-23/h10-11,13,16-19,25H,7-9,12,14-15H2,1-6H3/t17-,18+,19?,25?/m1/s1. The van der Waals surface area contributed by atoms with Crippen LogP contribution < -0.4 is 19.9 Å². The van der Waals surface area contributed by atoms with Gasteiger partial charge in [-0.15, -0.1) is 0 Å². The molecule has 5 heterocycles. The molecule has 210 valence electrons. The Bertz CT molecular complexity index is 1460. The van der Waals surface area contributed by atoms with Gasteiger partial charge in [-0.05, 0) is 46.1 Å². The lowest BCUT2D eigenvalue weighted by molar-refractivity contribution is -0.0446. The van der Waals surface area contributed by atoms with E-state index in [0.717, 1.165) is 42.6 Å². The summed E-state index contributed by atoms with van der Waals surface area (Å²) in [5, 5.41) is 4.93. The van der Waals surface area contributed by atoms with Crippen molar-refractivity contribution in [3.63, 3.8) is 0 Å². The molecule has 0 saturated carbocycles. The first kappa shape index (κ1) is 26.1. The number of halogens is 1. The molecule has 1 aromatic carbocycles. The highest BCUT2D eigenvalue weighted by molar-refractivity contribution is 5.88. The summed E-state index contributed by atoms with van der Waals surface area (Å²) < 4.78 is 36.6. The minimum atomic E-state index is -0.882. The molecule has 39 heavy (non-hydrogen) atoms. The lowest BCUT2D eigenvalue weighted by Crippen LogP contribution is -2.57. The fourth-order valence-corrected chi connectivity index (χ4v) is 6.30. The summed E-state index contributed by atoms with van der Waals surface area (Å²) in [5.41, 5.74) is 2.96. The van der Waals surface area contributed by atoms with Crippen LogP contribution in [0.1, 0.15) is 71.7 Å². The van der Waals surface area contributed by atoms with Gasteiger partial charge >= 0.3 is 0 Å². The number of hydrogen-bond acceptors (Lipinski definition) is 7. The Morgan fingerprint density at radius 2 is 1.92 bits per heavy atom. The predicted molar refractivity (Wildman–Crippen MR) is 147 cm³/mol. The normalized spacial score (nSPS) is 25.8. The summed E-state index contributed by atoms with van der Waals surface area (Å²) in [6.45, 7) is 12.0. The number of anilines is 1. The molecule has 3 aromatic rings. The molecule has 0 bridgehead atoms. The highest BCUT2D eigenvalue weighted by Crippen LogP contribution is 2.44. The first-order chi connectivity index (χ1) is 18.5. The van der Waals surface area contributed by atoms with Crippen LogP contribution in [0.2, 0.25) is 0 Å². The molecule has 3 aliphatic rings. The Labute approximate surface area is 228 Å². The van der Waals surface area contributed by atoms with Crippen molar-refractivity contribution in [2.24, 2.45) is 7.05 Å². The molecular formula is C29H38FN5O4. The molecule has 9 nitrogen and oxygen atoms in total. The molecule has 0 amide bonds. The smallest absolute Gasteiger partial charge is 0.252 e. The average molecular weight is 540 g/mol. The molecule has 2 aromatic heterocycles. The second-order valence-electron chi connectivity index (χ2n) is 11.7. The second kappa shape index (κ2) is 9.52. The number of nitrogens with zero attached hydrogens (tertiary/aromatic N) is 5. The molecule has 0 radical (unpaired) electrons. The van der Waals surface area contributed by atoms with Crippen molar-refractivity contribution in [1.82, 2.24) is 19.2 Å². The molecule has 2 unspecified atom stereocenters. The number of pyridine rings is 1. The topological polar surface area (TPSA) is 74.0 Å². The van der Waals surface area contributed by atoms with E-state index in [0.29, 0.717) is 24.4 Å². The summed E-state index contributed by atoms with van der Waals surface area (Å²) in [6, 6.07) is 5.30. The van der Waals surface area contributed by atoms with Crippen molar-refractivity contribution >= 4 is 16.7 Å². The van der Waals surface area contributed by atoms with Crippen LogP contribution in [0.15, 0.2) is 29.2 Å².